The molecule has 0 bridgehead atoms. The largest absolute Gasteiger partial charge is 0.491 e. The van der Waals surface area contributed by atoms with Gasteiger partial charge in [-0.25, -0.2) is 9.18 Å². The number of carbonyl (C=O) groups is 3. The number of aromatic nitrogens is 2. The van der Waals surface area contributed by atoms with E-state index in [2.05, 4.69) is 10.4 Å². The lowest BCUT2D eigenvalue weighted by atomic mass is 9.90. The van der Waals surface area contributed by atoms with Crippen molar-refractivity contribution in [2.75, 3.05) is 26.4 Å². The van der Waals surface area contributed by atoms with E-state index in [0.717, 1.165) is 28.9 Å². The Morgan fingerprint density at radius 2 is 1.91 bits per heavy atom. The monoisotopic (exact) mass is 587 g/mol. The molecule has 43 heavy (non-hydrogen) atoms. The maximum absolute atomic E-state index is 14.2. The molecule has 5 aliphatic rings. The highest BCUT2D eigenvalue weighted by molar-refractivity contribution is 6.10. The molecule has 3 fully saturated rings. The number of carbonyl (C=O) groups excluding carboxylic acids is 3. The van der Waals surface area contributed by atoms with Crippen molar-refractivity contribution in [1.29, 1.82) is 0 Å². The number of urea groups is 1. The summed E-state index contributed by atoms with van der Waals surface area (Å²) >= 11 is 0. The van der Waals surface area contributed by atoms with Gasteiger partial charge in [-0.3, -0.25) is 19.2 Å². The van der Waals surface area contributed by atoms with Crippen LogP contribution in [0.2, 0.25) is 0 Å². The Hall–Kier alpha value is -4.29. The average Bonchev–Trinajstić information content (AvgIpc) is 3.43. The van der Waals surface area contributed by atoms with Crippen LogP contribution in [0.25, 0.3) is 11.1 Å². The van der Waals surface area contributed by atoms with E-state index in [4.69, 9.17) is 14.2 Å². The van der Waals surface area contributed by atoms with Crippen LogP contribution >= 0.6 is 0 Å². The second-order valence-electron chi connectivity index (χ2n) is 12.0. The Kier molecular flexibility index (Phi) is 5.73. The number of ether oxygens (including phenoxy) is 3. The van der Waals surface area contributed by atoms with Crippen molar-refractivity contribution in [3.8, 4) is 16.9 Å². The van der Waals surface area contributed by atoms with Crippen molar-refractivity contribution in [1.82, 2.24) is 24.9 Å². The molecule has 1 unspecified atom stereocenters. The molecule has 1 N–H and O–H groups in total. The summed E-state index contributed by atoms with van der Waals surface area (Å²) < 4.78 is 34.0. The predicted octanol–water partition coefficient (Wildman–Crippen LogP) is 2.78. The summed E-state index contributed by atoms with van der Waals surface area (Å²) in [4.78, 5) is 44.2. The first-order chi connectivity index (χ1) is 20.8. The maximum Gasteiger partial charge on any atom is 0.325 e. The maximum atomic E-state index is 14.2. The number of benzene rings is 2. The topological polar surface area (TPSA) is 115 Å². The highest BCUT2D eigenvalue weighted by Gasteiger charge is 2.65. The van der Waals surface area contributed by atoms with Gasteiger partial charge in [-0.05, 0) is 54.2 Å². The van der Waals surface area contributed by atoms with Gasteiger partial charge in [0.2, 0.25) is 5.91 Å². The van der Waals surface area contributed by atoms with Crippen molar-refractivity contribution in [2.24, 2.45) is 13.0 Å². The lowest BCUT2D eigenvalue weighted by Crippen LogP contribution is -2.49. The summed E-state index contributed by atoms with van der Waals surface area (Å²) in [6.07, 6.45) is 5.60. The van der Waals surface area contributed by atoms with E-state index in [9.17, 15) is 18.8 Å². The highest BCUT2D eigenvalue weighted by Crippen LogP contribution is 2.54. The number of nitrogens with one attached hydrogen (secondary N) is 1. The van der Waals surface area contributed by atoms with E-state index >= 15 is 0 Å². The minimum Gasteiger partial charge on any atom is -0.491 e. The van der Waals surface area contributed by atoms with Gasteiger partial charge in [0.1, 0.15) is 24.7 Å². The van der Waals surface area contributed by atoms with Crippen LogP contribution in [-0.4, -0.2) is 69.8 Å². The Morgan fingerprint density at radius 3 is 2.65 bits per heavy atom. The fourth-order valence-electron chi connectivity index (χ4n) is 7.05. The zero-order chi connectivity index (χ0) is 29.5. The van der Waals surface area contributed by atoms with Crippen molar-refractivity contribution in [3.05, 3.63) is 71.3 Å². The van der Waals surface area contributed by atoms with Gasteiger partial charge in [-0.1, -0.05) is 12.1 Å². The molecule has 3 aliphatic heterocycles. The molecule has 4 amide bonds. The van der Waals surface area contributed by atoms with Crippen LogP contribution in [0.4, 0.5) is 9.18 Å². The molecule has 222 valence electrons. The third kappa shape index (κ3) is 4.07. The first-order valence-corrected chi connectivity index (χ1v) is 14.5. The molecular formula is C31H30FN5O6. The second kappa shape index (κ2) is 9.35. The number of amides is 4. The van der Waals surface area contributed by atoms with Crippen LogP contribution in [0, 0.1) is 11.7 Å². The summed E-state index contributed by atoms with van der Waals surface area (Å²) in [5.74, 6) is -1.77. The van der Waals surface area contributed by atoms with Gasteiger partial charge in [0.15, 0.2) is 11.3 Å². The van der Waals surface area contributed by atoms with Gasteiger partial charge in [0, 0.05) is 42.9 Å². The molecule has 2 spiro atoms. The molecule has 12 heteroatoms. The van der Waals surface area contributed by atoms with E-state index in [1.54, 1.807) is 21.8 Å². The summed E-state index contributed by atoms with van der Waals surface area (Å²) in [7, 11) is 1.84. The standard InChI is InChI=1S/C31H30FN5O6/c1-35-13-21(12-33-35)19-4-6-23-24(11-19)31(42-8-9-43-31)17-30(23)28(39)37(29(40)34-30)15-27(38)36-14-20-10-22(32)5-7-26(20)41-16-25(36)18-2-3-18/h4-7,10-13,18,25H,2-3,8-9,14-17H2,1H3,(H,34,40)/t25-,30?/m0/s1. The van der Waals surface area contributed by atoms with Gasteiger partial charge >= 0.3 is 6.03 Å². The third-order valence-electron chi connectivity index (χ3n) is 9.31. The summed E-state index contributed by atoms with van der Waals surface area (Å²) in [5, 5.41) is 7.17. The van der Waals surface area contributed by atoms with Gasteiger partial charge in [-0.2, -0.15) is 5.10 Å². The van der Waals surface area contributed by atoms with Crippen molar-refractivity contribution >= 4 is 17.8 Å². The van der Waals surface area contributed by atoms with Gasteiger partial charge in [0.25, 0.3) is 5.91 Å². The summed E-state index contributed by atoms with van der Waals surface area (Å²) in [5.41, 5.74) is 2.12. The van der Waals surface area contributed by atoms with Gasteiger partial charge in [0.05, 0.1) is 25.5 Å². The molecule has 2 aromatic carbocycles. The normalized spacial score (nSPS) is 25.6. The van der Waals surface area contributed by atoms with Crippen LogP contribution in [0.1, 0.15) is 36.0 Å². The highest BCUT2D eigenvalue weighted by atomic mass is 19.1. The van der Waals surface area contributed by atoms with E-state index < -0.39 is 41.5 Å². The number of hydrogen-bond donors (Lipinski definition) is 1. The zero-order valence-corrected chi connectivity index (χ0v) is 23.5. The second-order valence-corrected chi connectivity index (χ2v) is 12.0. The molecular weight excluding hydrogens is 557 g/mol. The third-order valence-corrected chi connectivity index (χ3v) is 9.31. The predicted molar refractivity (Wildman–Crippen MR) is 148 cm³/mol. The molecule has 1 saturated carbocycles. The molecule has 11 nitrogen and oxygen atoms in total. The van der Waals surface area contributed by atoms with Crippen LogP contribution in [0.5, 0.6) is 5.75 Å². The number of rotatable bonds is 4. The van der Waals surface area contributed by atoms with E-state index in [0.29, 0.717) is 35.7 Å². The lowest BCUT2D eigenvalue weighted by Gasteiger charge is -2.31. The molecule has 2 atom stereocenters. The molecule has 0 radical (unpaired) electrons. The number of aryl methyl sites for hydroxylation is 1. The minimum absolute atomic E-state index is 0.0516. The number of halogens is 1. The molecule has 4 heterocycles. The van der Waals surface area contributed by atoms with Crippen LogP contribution in [0.3, 0.4) is 0 Å². The van der Waals surface area contributed by atoms with Crippen LogP contribution < -0.4 is 10.1 Å². The smallest absolute Gasteiger partial charge is 0.325 e. The molecule has 1 aromatic heterocycles. The number of nitrogens with zero attached hydrogens (tertiary/aromatic N) is 4. The Bertz CT molecular complexity index is 1680. The van der Waals surface area contributed by atoms with Crippen molar-refractivity contribution in [2.45, 2.75) is 43.2 Å². The number of imide groups is 1. The quantitative estimate of drug-likeness (QED) is 0.467. The molecule has 8 rings (SSSR count). The SMILES string of the molecule is Cn1cc(-c2ccc3c(c2)C2(CC34NC(=O)N(CC(=O)N3Cc5cc(F)ccc5OC[C@H]3C3CC3)C4=O)OCCO2)cn1. The average molecular weight is 588 g/mol. The van der Waals surface area contributed by atoms with Crippen LogP contribution in [0.15, 0.2) is 48.8 Å². The zero-order valence-electron chi connectivity index (χ0n) is 23.5. The minimum atomic E-state index is -1.45. The van der Waals surface area contributed by atoms with Crippen molar-refractivity contribution in [3.63, 3.8) is 0 Å². The number of hydrogen-bond acceptors (Lipinski definition) is 7. The Morgan fingerprint density at radius 1 is 1.09 bits per heavy atom. The Labute approximate surface area is 246 Å². The Balaban J connectivity index is 1.11. The first kappa shape index (κ1) is 26.3. The van der Waals surface area contributed by atoms with E-state index in [-0.39, 0.29) is 31.5 Å². The fraction of sp³-hybridized carbons (Fsp3) is 0.419. The summed E-state index contributed by atoms with van der Waals surface area (Å²) in [6, 6.07) is 9.00. The van der Waals surface area contributed by atoms with Gasteiger partial charge in [-0.15, -0.1) is 0 Å². The summed E-state index contributed by atoms with van der Waals surface area (Å²) in [6.45, 7) is 0.644. The van der Waals surface area contributed by atoms with Gasteiger partial charge < -0.3 is 24.4 Å². The lowest BCUT2D eigenvalue weighted by molar-refractivity contribution is -0.175. The molecule has 2 aliphatic carbocycles. The molecule has 3 aromatic rings. The van der Waals surface area contributed by atoms with Crippen molar-refractivity contribution < 1.29 is 33.0 Å². The first-order valence-electron chi connectivity index (χ1n) is 14.5. The number of fused-ring (bicyclic) bond motifs is 4. The molecule has 2 saturated heterocycles. The fourth-order valence-corrected chi connectivity index (χ4v) is 7.05. The van der Waals surface area contributed by atoms with E-state index in [1.807, 2.05) is 31.4 Å². The van der Waals surface area contributed by atoms with E-state index in [1.165, 1.54) is 12.1 Å². The van der Waals surface area contributed by atoms with Crippen LogP contribution in [-0.2, 0) is 44.0 Å².